The van der Waals surface area contributed by atoms with Crippen LogP contribution in [0.2, 0.25) is 0 Å². The lowest BCUT2D eigenvalue weighted by Gasteiger charge is -2.36. The number of ketones is 1. The summed E-state index contributed by atoms with van der Waals surface area (Å²) in [6.07, 6.45) is 1.32. The zero-order chi connectivity index (χ0) is 21.0. The standard InChI is InChI=1S/C24H25N3O3/c1-24(2)17-12-19(27-6-8-30-9-7-27)20(29-3)11-16(17)22(28)21-15-5-4-14(13-25)10-18(15)26-23(21)24/h4-5,10-13,25-26H,6-9H2,1-3H3. The molecule has 0 saturated carbocycles. The van der Waals surface area contributed by atoms with Gasteiger partial charge in [0.1, 0.15) is 5.75 Å². The third-order valence-electron chi connectivity index (χ3n) is 6.43. The molecule has 0 bridgehead atoms. The molecule has 1 aliphatic carbocycles. The Kier molecular flexibility index (Phi) is 4.22. The minimum Gasteiger partial charge on any atom is -0.495 e. The number of H-pyrrole nitrogens is 1. The van der Waals surface area contributed by atoms with Gasteiger partial charge in [-0.15, -0.1) is 0 Å². The van der Waals surface area contributed by atoms with Crippen molar-refractivity contribution >= 4 is 28.6 Å². The van der Waals surface area contributed by atoms with Gasteiger partial charge in [-0.1, -0.05) is 26.0 Å². The van der Waals surface area contributed by atoms with E-state index in [4.69, 9.17) is 14.9 Å². The Labute approximate surface area is 175 Å². The third-order valence-corrected chi connectivity index (χ3v) is 6.43. The summed E-state index contributed by atoms with van der Waals surface area (Å²) in [5, 5.41) is 8.44. The van der Waals surface area contributed by atoms with E-state index in [1.807, 2.05) is 24.3 Å². The number of carbonyl (C=O) groups is 1. The fourth-order valence-corrected chi connectivity index (χ4v) is 4.77. The largest absolute Gasteiger partial charge is 0.495 e. The molecule has 1 aromatic heterocycles. The average Bonchev–Trinajstić information content (AvgIpc) is 3.17. The Balaban J connectivity index is 1.73. The molecular weight excluding hydrogens is 378 g/mol. The number of aromatic amines is 1. The van der Waals surface area contributed by atoms with E-state index in [9.17, 15) is 4.79 Å². The number of ether oxygens (including phenoxy) is 2. The van der Waals surface area contributed by atoms with E-state index in [0.29, 0.717) is 24.5 Å². The van der Waals surface area contributed by atoms with Gasteiger partial charge in [-0.05, 0) is 29.3 Å². The number of anilines is 1. The lowest BCUT2D eigenvalue weighted by molar-refractivity contribution is 0.103. The summed E-state index contributed by atoms with van der Waals surface area (Å²) in [7, 11) is 1.65. The van der Waals surface area contributed by atoms with E-state index >= 15 is 0 Å². The molecule has 1 fully saturated rings. The molecule has 2 N–H and O–H groups in total. The molecule has 154 valence electrons. The number of fused-ring (bicyclic) bond motifs is 4. The summed E-state index contributed by atoms with van der Waals surface area (Å²) in [5.74, 6) is 0.731. The Morgan fingerprint density at radius 3 is 2.67 bits per heavy atom. The van der Waals surface area contributed by atoms with Crippen molar-refractivity contribution in [3.63, 3.8) is 0 Å². The number of aromatic nitrogens is 1. The van der Waals surface area contributed by atoms with E-state index in [-0.39, 0.29) is 11.2 Å². The number of methoxy groups -OCH3 is 1. The monoisotopic (exact) mass is 403 g/mol. The highest BCUT2D eigenvalue weighted by molar-refractivity contribution is 6.20. The van der Waals surface area contributed by atoms with Gasteiger partial charge in [0.15, 0.2) is 5.78 Å². The number of rotatable bonds is 3. The molecule has 2 heterocycles. The summed E-state index contributed by atoms with van der Waals surface area (Å²) >= 11 is 0. The van der Waals surface area contributed by atoms with Crippen LogP contribution in [0, 0.1) is 5.41 Å². The molecule has 0 atom stereocenters. The Morgan fingerprint density at radius 1 is 1.20 bits per heavy atom. The topological polar surface area (TPSA) is 78.4 Å². The van der Waals surface area contributed by atoms with Gasteiger partial charge in [0.2, 0.25) is 0 Å². The van der Waals surface area contributed by atoms with Crippen LogP contribution in [0.25, 0.3) is 10.9 Å². The maximum atomic E-state index is 13.6. The summed E-state index contributed by atoms with van der Waals surface area (Å²) in [6.45, 7) is 7.27. The summed E-state index contributed by atoms with van der Waals surface area (Å²) < 4.78 is 11.2. The minimum absolute atomic E-state index is 0.0139. The normalized spacial score (nSPS) is 17.6. The first kappa shape index (κ1) is 18.9. The van der Waals surface area contributed by atoms with Crippen molar-refractivity contribution in [2.24, 2.45) is 0 Å². The summed E-state index contributed by atoms with van der Waals surface area (Å²) in [4.78, 5) is 19.4. The lowest BCUT2D eigenvalue weighted by atomic mass is 9.71. The van der Waals surface area contributed by atoms with Crippen molar-refractivity contribution in [1.29, 1.82) is 5.41 Å². The minimum atomic E-state index is -0.379. The van der Waals surface area contributed by atoms with Crippen molar-refractivity contribution in [1.82, 2.24) is 4.98 Å². The molecule has 1 aliphatic heterocycles. The van der Waals surface area contributed by atoms with E-state index in [0.717, 1.165) is 52.1 Å². The lowest BCUT2D eigenvalue weighted by Crippen LogP contribution is -2.37. The van der Waals surface area contributed by atoms with Crippen molar-refractivity contribution in [2.45, 2.75) is 19.3 Å². The number of hydrogen-bond donors (Lipinski definition) is 2. The van der Waals surface area contributed by atoms with Crippen LogP contribution in [0.3, 0.4) is 0 Å². The molecule has 1 saturated heterocycles. The highest BCUT2D eigenvalue weighted by Gasteiger charge is 2.40. The molecule has 6 heteroatoms. The first-order valence-electron chi connectivity index (χ1n) is 10.2. The van der Waals surface area contributed by atoms with E-state index in [2.05, 4.69) is 29.8 Å². The van der Waals surface area contributed by atoms with Crippen LogP contribution in [0.4, 0.5) is 5.69 Å². The zero-order valence-electron chi connectivity index (χ0n) is 17.5. The van der Waals surface area contributed by atoms with Gasteiger partial charge in [0, 0.05) is 46.9 Å². The first-order valence-corrected chi connectivity index (χ1v) is 10.2. The highest BCUT2D eigenvalue weighted by atomic mass is 16.5. The molecule has 3 aromatic rings. The average molecular weight is 403 g/mol. The number of morpholine rings is 1. The molecule has 5 rings (SSSR count). The molecule has 6 nitrogen and oxygen atoms in total. The predicted molar refractivity (Wildman–Crippen MR) is 118 cm³/mol. The van der Waals surface area contributed by atoms with Gasteiger partial charge in [-0.25, -0.2) is 0 Å². The number of nitrogens with zero attached hydrogens (tertiary/aromatic N) is 1. The smallest absolute Gasteiger partial charge is 0.195 e. The number of benzene rings is 2. The Hall–Kier alpha value is -3.12. The van der Waals surface area contributed by atoms with Crippen molar-refractivity contribution in [3.8, 4) is 5.75 Å². The second-order valence-electron chi connectivity index (χ2n) is 8.45. The van der Waals surface area contributed by atoms with Gasteiger partial charge < -0.3 is 24.8 Å². The van der Waals surface area contributed by atoms with Crippen LogP contribution in [-0.2, 0) is 10.2 Å². The fourth-order valence-electron chi connectivity index (χ4n) is 4.77. The fraction of sp³-hybridized carbons (Fsp3) is 0.333. The SMILES string of the molecule is COc1cc2c(cc1N1CCOCC1)C(C)(C)c1[nH]c3cc(C=N)ccc3c1C2=O. The second kappa shape index (κ2) is 6.71. The van der Waals surface area contributed by atoms with Crippen LogP contribution in [0.5, 0.6) is 5.75 Å². The summed E-state index contributed by atoms with van der Waals surface area (Å²) in [6, 6.07) is 9.76. The van der Waals surface area contributed by atoms with Crippen molar-refractivity contribution in [3.05, 3.63) is 58.3 Å². The van der Waals surface area contributed by atoms with Gasteiger partial charge in [0.05, 0.1) is 31.6 Å². The highest BCUT2D eigenvalue weighted by Crippen LogP contribution is 2.47. The van der Waals surface area contributed by atoms with E-state index in [1.54, 1.807) is 7.11 Å². The second-order valence-corrected chi connectivity index (χ2v) is 8.45. The van der Waals surface area contributed by atoms with E-state index < -0.39 is 0 Å². The van der Waals surface area contributed by atoms with Crippen LogP contribution < -0.4 is 9.64 Å². The van der Waals surface area contributed by atoms with Crippen molar-refractivity contribution < 1.29 is 14.3 Å². The third kappa shape index (κ3) is 2.60. The van der Waals surface area contributed by atoms with Crippen LogP contribution in [0.15, 0.2) is 30.3 Å². The van der Waals surface area contributed by atoms with Crippen molar-refractivity contribution in [2.75, 3.05) is 38.3 Å². The molecular formula is C24H25N3O3. The maximum Gasteiger partial charge on any atom is 0.195 e. The number of carbonyl (C=O) groups excluding carboxylic acids is 1. The van der Waals surface area contributed by atoms with Gasteiger partial charge in [-0.3, -0.25) is 4.79 Å². The Bertz CT molecular complexity index is 1190. The zero-order valence-corrected chi connectivity index (χ0v) is 17.5. The number of hydrogen-bond acceptors (Lipinski definition) is 5. The first-order chi connectivity index (χ1) is 14.5. The molecule has 30 heavy (non-hydrogen) atoms. The van der Waals surface area contributed by atoms with Crippen LogP contribution >= 0.6 is 0 Å². The quantitative estimate of drug-likeness (QED) is 0.651. The Morgan fingerprint density at radius 2 is 1.97 bits per heavy atom. The molecule has 0 amide bonds. The van der Waals surface area contributed by atoms with Gasteiger partial charge in [0.25, 0.3) is 0 Å². The molecule has 0 spiro atoms. The molecule has 2 aromatic carbocycles. The predicted octanol–water partition coefficient (Wildman–Crippen LogP) is 3.88. The van der Waals surface area contributed by atoms with E-state index in [1.165, 1.54) is 6.21 Å². The van der Waals surface area contributed by atoms with Crippen LogP contribution in [-0.4, -0.2) is 50.4 Å². The van der Waals surface area contributed by atoms with Gasteiger partial charge in [-0.2, -0.15) is 0 Å². The molecule has 0 unspecified atom stereocenters. The number of nitrogens with one attached hydrogen (secondary N) is 2. The maximum absolute atomic E-state index is 13.6. The van der Waals surface area contributed by atoms with Gasteiger partial charge >= 0.3 is 0 Å². The summed E-state index contributed by atoms with van der Waals surface area (Å²) in [5.41, 5.74) is 5.66. The molecule has 2 aliphatic rings. The van der Waals surface area contributed by atoms with Crippen LogP contribution in [0.1, 0.15) is 46.6 Å². The molecule has 0 radical (unpaired) electrons.